The van der Waals surface area contributed by atoms with E-state index in [1.54, 1.807) is 0 Å². The third kappa shape index (κ3) is 18.0. The molecular formula is C18H35Cl. The first-order chi connectivity index (χ1) is 9.41. The third-order valence-corrected chi connectivity index (χ3v) is 3.91. The van der Waals surface area contributed by atoms with E-state index in [0.717, 1.165) is 5.88 Å². The van der Waals surface area contributed by atoms with Crippen molar-refractivity contribution in [1.82, 2.24) is 0 Å². The van der Waals surface area contributed by atoms with Gasteiger partial charge < -0.3 is 0 Å². The van der Waals surface area contributed by atoms with Crippen molar-refractivity contribution in [2.75, 3.05) is 5.88 Å². The molecule has 0 aliphatic heterocycles. The molecule has 0 aliphatic rings. The Balaban J connectivity index is 2.99. The minimum absolute atomic E-state index is 0.822. The van der Waals surface area contributed by atoms with Crippen molar-refractivity contribution in [2.24, 2.45) is 0 Å². The van der Waals surface area contributed by atoms with Crippen LogP contribution >= 0.6 is 11.6 Å². The summed E-state index contributed by atoms with van der Waals surface area (Å²) in [5.74, 6) is 0.822. The average molecular weight is 287 g/mol. The van der Waals surface area contributed by atoms with E-state index in [4.69, 9.17) is 11.6 Å². The van der Waals surface area contributed by atoms with Crippen LogP contribution in [0.5, 0.6) is 0 Å². The van der Waals surface area contributed by atoms with E-state index in [-0.39, 0.29) is 0 Å². The summed E-state index contributed by atoms with van der Waals surface area (Å²) in [6, 6.07) is 0. The molecule has 0 amide bonds. The van der Waals surface area contributed by atoms with E-state index in [1.165, 1.54) is 89.9 Å². The average Bonchev–Trinajstić information content (AvgIpc) is 2.43. The van der Waals surface area contributed by atoms with E-state index in [1.807, 2.05) is 0 Å². The van der Waals surface area contributed by atoms with Crippen LogP contribution in [0.25, 0.3) is 0 Å². The Morgan fingerprint density at radius 2 is 1.00 bits per heavy atom. The molecule has 0 nitrogen and oxygen atoms in total. The molecule has 0 saturated heterocycles. The van der Waals surface area contributed by atoms with Crippen molar-refractivity contribution in [3.8, 4) is 0 Å². The molecule has 0 saturated carbocycles. The summed E-state index contributed by atoms with van der Waals surface area (Å²) >= 11 is 5.64. The zero-order chi connectivity index (χ0) is 14.0. The fourth-order valence-corrected chi connectivity index (χ4v) is 2.53. The van der Waals surface area contributed by atoms with Crippen LogP contribution in [0.15, 0.2) is 12.2 Å². The lowest BCUT2D eigenvalue weighted by Gasteiger charge is -2.00. The first-order valence-corrected chi connectivity index (χ1v) is 9.16. The van der Waals surface area contributed by atoms with Crippen LogP contribution in [0.2, 0.25) is 0 Å². The van der Waals surface area contributed by atoms with Gasteiger partial charge in [-0.3, -0.25) is 0 Å². The predicted octanol–water partition coefficient (Wildman–Crippen LogP) is 7.26. The minimum Gasteiger partial charge on any atom is -0.127 e. The molecule has 19 heavy (non-hydrogen) atoms. The van der Waals surface area contributed by atoms with Crippen LogP contribution < -0.4 is 0 Å². The van der Waals surface area contributed by atoms with Gasteiger partial charge in [-0.2, -0.15) is 0 Å². The molecule has 1 heteroatoms. The van der Waals surface area contributed by atoms with Gasteiger partial charge in [-0.25, -0.2) is 0 Å². The maximum Gasteiger partial charge on any atom is 0.0223 e. The Bertz CT molecular complexity index is 175. The Hall–Kier alpha value is 0.0300. The summed E-state index contributed by atoms with van der Waals surface area (Å²) in [5.41, 5.74) is 0. The molecule has 0 bridgehead atoms. The van der Waals surface area contributed by atoms with Crippen LogP contribution in [-0.4, -0.2) is 5.88 Å². The van der Waals surface area contributed by atoms with Gasteiger partial charge in [0.05, 0.1) is 0 Å². The molecule has 0 aliphatic carbocycles. The molecule has 114 valence electrons. The minimum atomic E-state index is 0.822. The van der Waals surface area contributed by atoms with Gasteiger partial charge in [0.2, 0.25) is 0 Å². The largest absolute Gasteiger partial charge is 0.127 e. The Labute approximate surface area is 127 Å². The highest BCUT2D eigenvalue weighted by molar-refractivity contribution is 6.17. The standard InChI is InChI=1S/C18H35Cl/c1-2-3-4-5-6-7-8-9-10-11-12-13-14-15-16-17-18-19/h12-13H,2-11,14-18H2,1H3/b13-12-. The molecule has 0 aromatic carbocycles. The molecule has 0 heterocycles. The molecule has 0 fully saturated rings. The van der Waals surface area contributed by atoms with Crippen molar-refractivity contribution in [2.45, 2.75) is 96.8 Å². The zero-order valence-corrected chi connectivity index (χ0v) is 13.9. The Morgan fingerprint density at radius 1 is 0.579 bits per heavy atom. The predicted molar refractivity (Wildman–Crippen MR) is 90.2 cm³/mol. The van der Waals surface area contributed by atoms with Gasteiger partial charge in [0, 0.05) is 5.88 Å². The number of hydrogen-bond acceptors (Lipinski definition) is 0. The van der Waals surface area contributed by atoms with Crippen molar-refractivity contribution < 1.29 is 0 Å². The van der Waals surface area contributed by atoms with Crippen molar-refractivity contribution in [3.05, 3.63) is 12.2 Å². The number of unbranched alkanes of at least 4 members (excludes halogenated alkanes) is 12. The van der Waals surface area contributed by atoms with Crippen LogP contribution in [-0.2, 0) is 0 Å². The molecule has 0 aromatic rings. The van der Waals surface area contributed by atoms with E-state index in [2.05, 4.69) is 19.1 Å². The number of allylic oxidation sites excluding steroid dienone is 2. The summed E-state index contributed by atoms with van der Waals surface area (Å²) in [7, 11) is 0. The van der Waals surface area contributed by atoms with Gasteiger partial charge in [0.1, 0.15) is 0 Å². The summed E-state index contributed by atoms with van der Waals surface area (Å²) in [6.07, 6.45) is 23.9. The topological polar surface area (TPSA) is 0 Å². The van der Waals surface area contributed by atoms with Crippen molar-refractivity contribution >= 4 is 11.6 Å². The maximum atomic E-state index is 5.64. The smallest absolute Gasteiger partial charge is 0.0223 e. The number of rotatable bonds is 15. The van der Waals surface area contributed by atoms with Gasteiger partial charge in [-0.15, -0.1) is 11.6 Å². The molecule has 0 N–H and O–H groups in total. The van der Waals surface area contributed by atoms with Gasteiger partial charge in [0.15, 0.2) is 0 Å². The number of hydrogen-bond donors (Lipinski definition) is 0. The second kappa shape index (κ2) is 18.0. The second-order valence-corrected chi connectivity index (χ2v) is 6.00. The summed E-state index contributed by atoms with van der Waals surface area (Å²) in [4.78, 5) is 0. The quantitative estimate of drug-likeness (QED) is 0.169. The van der Waals surface area contributed by atoms with E-state index >= 15 is 0 Å². The molecule has 0 atom stereocenters. The summed E-state index contributed by atoms with van der Waals surface area (Å²) in [6.45, 7) is 2.28. The Kier molecular flexibility index (Phi) is 18.1. The van der Waals surface area contributed by atoms with E-state index in [9.17, 15) is 0 Å². The molecule has 0 unspecified atom stereocenters. The van der Waals surface area contributed by atoms with Gasteiger partial charge in [-0.05, 0) is 32.1 Å². The van der Waals surface area contributed by atoms with Crippen LogP contribution in [0.4, 0.5) is 0 Å². The first kappa shape index (κ1) is 19.0. The lowest BCUT2D eigenvalue weighted by molar-refractivity contribution is 0.566. The summed E-state index contributed by atoms with van der Waals surface area (Å²) < 4.78 is 0. The van der Waals surface area contributed by atoms with E-state index < -0.39 is 0 Å². The van der Waals surface area contributed by atoms with Gasteiger partial charge in [-0.1, -0.05) is 76.9 Å². The monoisotopic (exact) mass is 286 g/mol. The van der Waals surface area contributed by atoms with Crippen LogP contribution in [0, 0.1) is 0 Å². The van der Waals surface area contributed by atoms with Gasteiger partial charge in [0.25, 0.3) is 0 Å². The highest BCUT2D eigenvalue weighted by atomic mass is 35.5. The number of halogens is 1. The van der Waals surface area contributed by atoms with Crippen LogP contribution in [0.1, 0.15) is 96.8 Å². The van der Waals surface area contributed by atoms with Crippen molar-refractivity contribution in [1.29, 1.82) is 0 Å². The van der Waals surface area contributed by atoms with Gasteiger partial charge >= 0.3 is 0 Å². The fraction of sp³-hybridized carbons (Fsp3) is 0.889. The highest BCUT2D eigenvalue weighted by Crippen LogP contribution is 2.11. The maximum absolute atomic E-state index is 5.64. The van der Waals surface area contributed by atoms with Crippen molar-refractivity contribution in [3.63, 3.8) is 0 Å². The van der Waals surface area contributed by atoms with E-state index in [0.29, 0.717) is 0 Å². The normalized spacial score (nSPS) is 11.5. The molecule has 0 aromatic heterocycles. The molecule has 0 rings (SSSR count). The molecule has 0 radical (unpaired) electrons. The highest BCUT2D eigenvalue weighted by Gasteiger charge is 1.91. The zero-order valence-electron chi connectivity index (χ0n) is 13.1. The second-order valence-electron chi connectivity index (χ2n) is 5.63. The lowest BCUT2D eigenvalue weighted by atomic mass is 10.1. The first-order valence-electron chi connectivity index (χ1n) is 8.62. The molecular weight excluding hydrogens is 252 g/mol. The number of alkyl halides is 1. The third-order valence-electron chi connectivity index (χ3n) is 3.65. The molecule has 0 spiro atoms. The fourth-order valence-electron chi connectivity index (χ4n) is 2.34. The lowest BCUT2D eigenvalue weighted by Crippen LogP contribution is -1.81. The van der Waals surface area contributed by atoms with Crippen LogP contribution in [0.3, 0.4) is 0 Å². The summed E-state index contributed by atoms with van der Waals surface area (Å²) in [5, 5.41) is 0. The SMILES string of the molecule is CCCCCCCCCCC/C=C\CCCCCCl. The Morgan fingerprint density at radius 3 is 1.47 bits per heavy atom.